The SMILES string of the molecule is CCCC(O[Si](C)(C)C)O[Si](C)(C)C. The van der Waals surface area contributed by atoms with E-state index in [0.29, 0.717) is 0 Å². The largest absolute Gasteiger partial charge is 0.394 e. The molecule has 0 aliphatic heterocycles. The highest BCUT2D eigenvalue weighted by molar-refractivity contribution is 6.70. The molecule has 0 amide bonds. The van der Waals surface area contributed by atoms with Crippen LogP contribution in [0.5, 0.6) is 0 Å². The molecule has 0 aromatic heterocycles. The summed E-state index contributed by atoms with van der Waals surface area (Å²) in [5, 5.41) is 0. The zero-order valence-corrected chi connectivity index (χ0v) is 12.8. The molecule has 0 aromatic rings. The first-order valence-corrected chi connectivity index (χ1v) is 12.3. The van der Waals surface area contributed by atoms with Crippen molar-refractivity contribution in [3.63, 3.8) is 0 Å². The highest BCUT2D eigenvalue weighted by atomic mass is 28.4. The lowest BCUT2D eigenvalue weighted by atomic mass is 10.3. The normalized spacial score (nSPS) is 13.7. The number of hydrogen-bond donors (Lipinski definition) is 0. The predicted octanol–water partition coefficient (Wildman–Crippen LogP) is 3.82. The van der Waals surface area contributed by atoms with Gasteiger partial charge >= 0.3 is 0 Å². The van der Waals surface area contributed by atoms with Crippen LogP contribution in [0.2, 0.25) is 39.3 Å². The maximum Gasteiger partial charge on any atom is 0.187 e. The molecule has 4 heteroatoms. The maximum absolute atomic E-state index is 6.01. The fraction of sp³-hybridized carbons (Fsp3) is 1.00. The molecule has 0 fully saturated rings. The fourth-order valence-electron chi connectivity index (χ4n) is 1.17. The van der Waals surface area contributed by atoms with Gasteiger partial charge in [-0.05, 0) is 45.7 Å². The second-order valence-corrected chi connectivity index (χ2v) is 14.6. The van der Waals surface area contributed by atoms with Gasteiger partial charge in [-0.25, -0.2) is 0 Å². The van der Waals surface area contributed by atoms with Gasteiger partial charge in [0.2, 0.25) is 0 Å². The molecular formula is C10H26O2Si2. The monoisotopic (exact) mass is 234 g/mol. The molecule has 14 heavy (non-hydrogen) atoms. The minimum Gasteiger partial charge on any atom is -0.394 e. The summed E-state index contributed by atoms with van der Waals surface area (Å²) in [5.74, 6) is 0. The van der Waals surface area contributed by atoms with Gasteiger partial charge in [-0.15, -0.1) is 0 Å². The van der Waals surface area contributed by atoms with E-state index >= 15 is 0 Å². The third-order valence-electron chi connectivity index (χ3n) is 1.49. The summed E-state index contributed by atoms with van der Waals surface area (Å²) in [4.78, 5) is 0. The van der Waals surface area contributed by atoms with Gasteiger partial charge in [0.25, 0.3) is 0 Å². The van der Waals surface area contributed by atoms with Gasteiger partial charge in [0, 0.05) is 0 Å². The second kappa shape index (κ2) is 5.44. The quantitative estimate of drug-likeness (QED) is 0.514. The number of rotatable bonds is 6. The molecule has 0 saturated carbocycles. The van der Waals surface area contributed by atoms with Crippen LogP contribution in [-0.2, 0) is 8.85 Å². The molecule has 0 radical (unpaired) electrons. The van der Waals surface area contributed by atoms with E-state index in [0.717, 1.165) is 12.8 Å². The molecule has 0 atom stereocenters. The molecule has 0 saturated heterocycles. The number of hydrogen-bond acceptors (Lipinski definition) is 2. The first-order chi connectivity index (χ1) is 6.14. The minimum absolute atomic E-state index is 0.0401. The van der Waals surface area contributed by atoms with Gasteiger partial charge in [0.1, 0.15) is 6.29 Å². The van der Waals surface area contributed by atoms with Crippen LogP contribution >= 0.6 is 0 Å². The van der Waals surface area contributed by atoms with E-state index in [1.165, 1.54) is 0 Å². The Bertz CT molecular complexity index is 142. The lowest BCUT2D eigenvalue weighted by molar-refractivity contribution is -0.0139. The van der Waals surface area contributed by atoms with Crippen molar-refractivity contribution in [3.8, 4) is 0 Å². The Morgan fingerprint density at radius 2 is 1.21 bits per heavy atom. The van der Waals surface area contributed by atoms with Gasteiger partial charge < -0.3 is 8.85 Å². The molecule has 0 spiro atoms. The van der Waals surface area contributed by atoms with Crippen LogP contribution in [0.25, 0.3) is 0 Å². The summed E-state index contributed by atoms with van der Waals surface area (Å²) in [6.45, 7) is 15.4. The molecule has 0 N–H and O–H groups in total. The standard InChI is InChI=1S/C10H26O2Si2/c1-8-9-10(11-13(2,3)4)12-14(5,6)7/h10H,8-9H2,1-7H3. The van der Waals surface area contributed by atoms with E-state index in [-0.39, 0.29) is 6.29 Å². The molecule has 0 aromatic carbocycles. The van der Waals surface area contributed by atoms with E-state index in [2.05, 4.69) is 46.2 Å². The van der Waals surface area contributed by atoms with Gasteiger partial charge in [0.05, 0.1) is 0 Å². The van der Waals surface area contributed by atoms with Gasteiger partial charge in [-0.2, -0.15) is 0 Å². The summed E-state index contributed by atoms with van der Waals surface area (Å²) >= 11 is 0. The Morgan fingerprint density at radius 1 is 0.857 bits per heavy atom. The van der Waals surface area contributed by atoms with Crippen molar-refractivity contribution in [1.29, 1.82) is 0 Å². The highest BCUT2D eigenvalue weighted by Crippen LogP contribution is 2.17. The molecule has 0 bridgehead atoms. The van der Waals surface area contributed by atoms with E-state index < -0.39 is 16.6 Å². The van der Waals surface area contributed by atoms with Crippen LogP contribution in [0.4, 0.5) is 0 Å². The topological polar surface area (TPSA) is 18.5 Å². The molecule has 0 heterocycles. The van der Waals surface area contributed by atoms with Crippen molar-refractivity contribution >= 4 is 16.6 Å². The Kier molecular flexibility index (Phi) is 5.58. The van der Waals surface area contributed by atoms with Gasteiger partial charge in [0.15, 0.2) is 16.6 Å². The van der Waals surface area contributed by atoms with E-state index in [1.807, 2.05) is 0 Å². The molecule has 0 aliphatic rings. The third kappa shape index (κ3) is 8.93. The van der Waals surface area contributed by atoms with E-state index in [1.54, 1.807) is 0 Å². The fourth-order valence-corrected chi connectivity index (χ4v) is 3.17. The summed E-state index contributed by atoms with van der Waals surface area (Å²) in [7, 11) is -2.92. The molecule has 0 unspecified atom stereocenters. The molecule has 2 nitrogen and oxygen atoms in total. The third-order valence-corrected chi connectivity index (χ3v) is 3.43. The average molecular weight is 234 g/mol. The van der Waals surface area contributed by atoms with E-state index in [9.17, 15) is 0 Å². The lowest BCUT2D eigenvalue weighted by Crippen LogP contribution is -2.39. The van der Waals surface area contributed by atoms with Crippen LogP contribution in [0.3, 0.4) is 0 Å². The van der Waals surface area contributed by atoms with Gasteiger partial charge in [-0.1, -0.05) is 13.3 Å². The smallest absolute Gasteiger partial charge is 0.187 e. The Labute approximate surface area is 91.3 Å². The van der Waals surface area contributed by atoms with Gasteiger partial charge in [-0.3, -0.25) is 0 Å². The lowest BCUT2D eigenvalue weighted by Gasteiger charge is -2.31. The van der Waals surface area contributed by atoms with Crippen molar-refractivity contribution < 1.29 is 8.85 Å². The summed E-state index contributed by atoms with van der Waals surface area (Å²) < 4.78 is 12.0. The van der Waals surface area contributed by atoms with Crippen molar-refractivity contribution in [1.82, 2.24) is 0 Å². The summed E-state index contributed by atoms with van der Waals surface area (Å²) in [5.41, 5.74) is 0. The van der Waals surface area contributed by atoms with Crippen molar-refractivity contribution in [3.05, 3.63) is 0 Å². The average Bonchev–Trinajstić information content (AvgIpc) is 1.78. The van der Waals surface area contributed by atoms with Crippen molar-refractivity contribution in [2.24, 2.45) is 0 Å². The Morgan fingerprint density at radius 3 is 1.43 bits per heavy atom. The van der Waals surface area contributed by atoms with Crippen LogP contribution in [0.1, 0.15) is 19.8 Å². The molecular weight excluding hydrogens is 208 g/mol. The van der Waals surface area contributed by atoms with Crippen LogP contribution in [0.15, 0.2) is 0 Å². The maximum atomic E-state index is 6.01. The zero-order chi connectivity index (χ0) is 11.4. The second-order valence-electron chi connectivity index (χ2n) is 5.68. The van der Waals surface area contributed by atoms with E-state index in [4.69, 9.17) is 8.85 Å². The Hall–Kier alpha value is 0.354. The summed E-state index contributed by atoms with van der Waals surface area (Å²) in [6.07, 6.45) is 2.19. The van der Waals surface area contributed by atoms with Crippen LogP contribution in [-0.4, -0.2) is 22.9 Å². The first kappa shape index (κ1) is 14.4. The molecule has 86 valence electrons. The highest BCUT2D eigenvalue weighted by Gasteiger charge is 2.26. The van der Waals surface area contributed by atoms with Crippen molar-refractivity contribution in [2.45, 2.75) is 65.3 Å². The first-order valence-electron chi connectivity index (χ1n) is 5.50. The molecule has 0 rings (SSSR count). The summed E-state index contributed by atoms with van der Waals surface area (Å²) in [6, 6.07) is 0. The zero-order valence-electron chi connectivity index (χ0n) is 10.8. The predicted molar refractivity (Wildman–Crippen MR) is 67.6 cm³/mol. The van der Waals surface area contributed by atoms with Crippen molar-refractivity contribution in [2.75, 3.05) is 0 Å². The van der Waals surface area contributed by atoms with Crippen LogP contribution in [0, 0.1) is 0 Å². The minimum atomic E-state index is -1.46. The van der Waals surface area contributed by atoms with Crippen LogP contribution < -0.4 is 0 Å². The Balaban J connectivity index is 4.16. The molecule has 0 aliphatic carbocycles.